The van der Waals surface area contributed by atoms with Crippen molar-refractivity contribution in [1.29, 1.82) is 0 Å². The Hall–Kier alpha value is -3.33. The molecule has 0 radical (unpaired) electrons. The Morgan fingerprint density at radius 1 is 1.06 bits per heavy atom. The monoisotopic (exact) mass is 530 g/mol. The number of anilines is 2. The van der Waals surface area contributed by atoms with Crippen LogP contribution < -0.4 is 10.2 Å². The van der Waals surface area contributed by atoms with Gasteiger partial charge in [0.25, 0.3) is 0 Å². The first-order chi connectivity index (χ1) is 17.1. The van der Waals surface area contributed by atoms with Crippen LogP contribution in [0.15, 0.2) is 72.8 Å². The Labute approximate surface area is 218 Å². The molecule has 0 aliphatic carbocycles. The summed E-state index contributed by atoms with van der Waals surface area (Å²) < 4.78 is 13.3. The lowest BCUT2D eigenvalue weighted by Gasteiger charge is -2.38. The molecule has 0 spiro atoms. The summed E-state index contributed by atoms with van der Waals surface area (Å²) in [5.74, 6) is -0.342. The molecule has 4 rings (SSSR count). The first-order valence-corrected chi connectivity index (χ1v) is 12.0. The zero-order chi connectivity index (χ0) is 26.0. The van der Waals surface area contributed by atoms with Crippen molar-refractivity contribution in [2.75, 3.05) is 16.8 Å². The lowest BCUT2D eigenvalue weighted by Crippen LogP contribution is -2.58. The van der Waals surface area contributed by atoms with Crippen LogP contribution in [0.3, 0.4) is 0 Å². The van der Waals surface area contributed by atoms with Crippen LogP contribution in [0.4, 0.5) is 25.4 Å². The Morgan fingerprint density at radius 3 is 2.33 bits per heavy atom. The van der Waals surface area contributed by atoms with Gasteiger partial charge in [0.1, 0.15) is 5.82 Å². The number of carbonyl (C=O) groups excluding carboxylic acids is 2. The van der Waals surface area contributed by atoms with Gasteiger partial charge in [-0.15, -0.1) is 0 Å². The quantitative estimate of drug-likeness (QED) is 0.277. The molecule has 1 saturated heterocycles. The number of hydrogen-bond donors (Lipinski definition) is 2. The molecule has 0 aromatic heterocycles. The fourth-order valence-corrected chi connectivity index (χ4v) is 4.73. The summed E-state index contributed by atoms with van der Waals surface area (Å²) in [6.07, 6.45) is -0.651. The van der Waals surface area contributed by atoms with Gasteiger partial charge in [0, 0.05) is 28.0 Å². The molecule has 10 heteroatoms. The van der Waals surface area contributed by atoms with Crippen LogP contribution >= 0.6 is 23.2 Å². The van der Waals surface area contributed by atoms with Crippen molar-refractivity contribution in [1.82, 2.24) is 9.96 Å². The second-order valence-electron chi connectivity index (χ2n) is 8.97. The highest BCUT2D eigenvalue weighted by molar-refractivity contribution is 6.31. The maximum absolute atomic E-state index is 13.7. The first-order valence-electron chi connectivity index (χ1n) is 11.2. The van der Waals surface area contributed by atoms with Crippen molar-refractivity contribution in [3.05, 3.63) is 94.2 Å². The number of halogens is 3. The summed E-state index contributed by atoms with van der Waals surface area (Å²) in [6.45, 7) is 3.80. The predicted octanol–water partition coefficient (Wildman–Crippen LogP) is 6.65. The van der Waals surface area contributed by atoms with E-state index < -0.39 is 23.8 Å². The SMILES string of the molecule is CC1(C)[C@@H](N(O)C(=O)Nc2cccc(Cl)c2)N(c2cccc(Cl)c2)C(=O)N1CCc1ccc(F)cc1. The smallest absolute Gasteiger partial charge is 0.315 e. The van der Waals surface area contributed by atoms with Gasteiger partial charge in [0.2, 0.25) is 0 Å². The normalized spacial score (nSPS) is 16.8. The van der Waals surface area contributed by atoms with Gasteiger partial charge >= 0.3 is 12.1 Å². The molecule has 188 valence electrons. The van der Waals surface area contributed by atoms with Crippen LogP contribution in [0.2, 0.25) is 10.0 Å². The van der Waals surface area contributed by atoms with Gasteiger partial charge in [0.05, 0.1) is 5.54 Å². The van der Waals surface area contributed by atoms with Crippen molar-refractivity contribution >= 4 is 46.6 Å². The van der Waals surface area contributed by atoms with Gasteiger partial charge in [-0.25, -0.2) is 14.0 Å². The molecule has 0 unspecified atom stereocenters. The second kappa shape index (κ2) is 10.3. The van der Waals surface area contributed by atoms with Crippen LogP contribution in [0.5, 0.6) is 0 Å². The molecule has 7 nitrogen and oxygen atoms in total. The first kappa shape index (κ1) is 25.8. The van der Waals surface area contributed by atoms with E-state index in [4.69, 9.17) is 23.2 Å². The zero-order valence-corrected chi connectivity index (χ0v) is 21.2. The largest absolute Gasteiger partial charge is 0.347 e. The lowest BCUT2D eigenvalue weighted by atomic mass is 9.99. The van der Waals surface area contributed by atoms with Crippen molar-refractivity contribution in [3.8, 4) is 0 Å². The number of amides is 4. The minimum absolute atomic E-state index is 0.273. The summed E-state index contributed by atoms with van der Waals surface area (Å²) in [7, 11) is 0. The fourth-order valence-electron chi connectivity index (χ4n) is 4.36. The molecule has 1 heterocycles. The summed E-state index contributed by atoms with van der Waals surface area (Å²) in [5, 5.41) is 15.1. The molecule has 1 aliphatic rings. The van der Waals surface area contributed by atoms with E-state index in [1.807, 2.05) is 0 Å². The Kier molecular flexibility index (Phi) is 7.40. The number of urea groups is 2. The van der Waals surface area contributed by atoms with Crippen LogP contribution in [0.1, 0.15) is 19.4 Å². The lowest BCUT2D eigenvalue weighted by molar-refractivity contribution is -0.0947. The summed E-state index contributed by atoms with van der Waals surface area (Å²) in [5.41, 5.74) is 0.623. The number of benzene rings is 3. The molecule has 2 N–H and O–H groups in total. The van der Waals surface area contributed by atoms with Crippen molar-refractivity contribution in [3.63, 3.8) is 0 Å². The molecule has 1 atom stereocenters. The van der Waals surface area contributed by atoms with Crippen molar-refractivity contribution in [2.24, 2.45) is 0 Å². The van der Waals surface area contributed by atoms with Crippen LogP contribution in [-0.4, -0.2) is 45.5 Å². The second-order valence-corrected chi connectivity index (χ2v) is 9.85. The summed E-state index contributed by atoms with van der Waals surface area (Å²) >= 11 is 12.2. The van der Waals surface area contributed by atoms with Gasteiger partial charge < -0.3 is 10.2 Å². The molecule has 36 heavy (non-hydrogen) atoms. The molecule has 4 amide bonds. The van der Waals surface area contributed by atoms with Gasteiger partial charge in [-0.3, -0.25) is 10.1 Å². The van der Waals surface area contributed by atoms with Gasteiger partial charge in [-0.2, -0.15) is 5.06 Å². The van der Waals surface area contributed by atoms with Crippen LogP contribution in [-0.2, 0) is 6.42 Å². The van der Waals surface area contributed by atoms with Crippen molar-refractivity contribution < 1.29 is 19.2 Å². The van der Waals surface area contributed by atoms with Crippen LogP contribution in [0.25, 0.3) is 0 Å². The third kappa shape index (κ3) is 5.26. The van der Waals surface area contributed by atoms with E-state index >= 15 is 0 Å². The van der Waals surface area contributed by atoms with E-state index in [1.165, 1.54) is 17.0 Å². The Morgan fingerprint density at radius 2 is 1.69 bits per heavy atom. The van der Waals surface area contributed by atoms with E-state index in [0.29, 0.717) is 32.9 Å². The van der Waals surface area contributed by atoms with Crippen LogP contribution in [0, 0.1) is 5.82 Å². The summed E-state index contributed by atoms with van der Waals surface area (Å²) in [4.78, 5) is 29.7. The number of hydrogen-bond acceptors (Lipinski definition) is 3. The van der Waals surface area contributed by atoms with Crippen molar-refractivity contribution in [2.45, 2.75) is 32.0 Å². The fraction of sp³-hybridized carbons (Fsp3) is 0.231. The molecular formula is C26H25Cl2FN4O3. The van der Waals surface area contributed by atoms with E-state index in [2.05, 4.69) is 5.32 Å². The number of nitrogens with zero attached hydrogens (tertiary/aromatic N) is 3. The van der Waals surface area contributed by atoms with E-state index in [9.17, 15) is 19.2 Å². The maximum Gasteiger partial charge on any atom is 0.347 e. The zero-order valence-electron chi connectivity index (χ0n) is 19.7. The number of carbonyl (C=O) groups is 2. The highest BCUT2D eigenvalue weighted by Gasteiger charge is 2.55. The molecular weight excluding hydrogens is 506 g/mol. The Bertz CT molecular complexity index is 1270. The third-order valence-corrected chi connectivity index (χ3v) is 6.62. The summed E-state index contributed by atoms with van der Waals surface area (Å²) in [6, 6.07) is 17.9. The molecule has 3 aromatic rings. The minimum Gasteiger partial charge on any atom is -0.315 e. The van der Waals surface area contributed by atoms with Gasteiger partial charge in [-0.05, 0) is 74.4 Å². The van der Waals surface area contributed by atoms with Gasteiger partial charge in [0.15, 0.2) is 6.17 Å². The molecule has 0 bridgehead atoms. The number of nitrogens with one attached hydrogen (secondary N) is 1. The predicted molar refractivity (Wildman–Crippen MR) is 138 cm³/mol. The molecule has 1 fully saturated rings. The highest BCUT2D eigenvalue weighted by atomic mass is 35.5. The maximum atomic E-state index is 13.7. The minimum atomic E-state index is -1.10. The van der Waals surface area contributed by atoms with E-state index in [1.54, 1.807) is 79.4 Å². The average Bonchev–Trinajstić information content (AvgIpc) is 3.02. The Balaban J connectivity index is 1.65. The number of hydroxylamine groups is 2. The molecule has 1 aliphatic heterocycles. The molecule has 3 aromatic carbocycles. The van der Waals surface area contributed by atoms with E-state index in [0.717, 1.165) is 5.56 Å². The standard InChI is InChI=1S/C26H25Cl2FN4O3/c1-26(2)23(33(36)24(34)30-21-7-3-5-18(27)15-21)32(22-8-4-6-19(28)16-22)25(35)31(26)14-13-17-9-11-20(29)12-10-17/h3-12,15-16,23,36H,13-14H2,1-2H3,(H,30,34)/t23-/m1/s1. The van der Waals surface area contributed by atoms with E-state index in [-0.39, 0.29) is 12.4 Å². The third-order valence-electron chi connectivity index (χ3n) is 6.15. The highest BCUT2D eigenvalue weighted by Crippen LogP contribution is 2.38. The number of rotatable bonds is 6. The topological polar surface area (TPSA) is 76.1 Å². The van der Waals surface area contributed by atoms with Gasteiger partial charge in [-0.1, -0.05) is 47.5 Å². The molecule has 0 saturated carbocycles. The average molecular weight is 531 g/mol.